The zero-order chi connectivity index (χ0) is 102. The fourth-order valence-corrected chi connectivity index (χ4v) is 29.5. The Balaban J connectivity index is 0.000000103. The Morgan fingerprint density at radius 2 is 0.617 bits per heavy atom. The van der Waals surface area contributed by atoms with Crippen molar-refractivity contribution >= 4 is 299 Å². The molecule has 0 saturated heterocycles. The van der Waals surface area contributed by atoms with Gasteiger partial charge >= 0.3 is 0 Å². The quantitative estimate of drug-likeness (QED) is 0.149. The molecule has 12 heterocycles. The van der Waals surface area contributed by atoms with Gasteiger partial charge < -0.3 is 8.98 Å². The van der Waals surface area contributed by atoms with Crippen molar-refractivity contribution in [3.63, 3.8) is 0 Å². The van der Waals surface area contributed by atoms with Gasteiger partial charge in [-0.3, -0.25) is 9.13 Å². The molecule has 0 aliphatic carbocycles. The molecule has 0 saturated carbocycles. The van der Waals surface area contributed by atoms with Gasteiger partial charge in [-0.2, -0.15) is 4.98 Å². The Kier molecular flexibility index (Phi) is 17.6. The molecule has 0 atom stereocenters. The van der Waals surface area contributed by atoms with E-state index in [0.717, 1.165) is 121 Å². The van der Waals surface area contributed by atoms with Crippen molar-refractivity contribution in [1.29, 1.82) is 0 Å². The summed E-state index contributed by atoms with van der Waals surface area (Å²) in [6, 6.07) is 149. The molecule has 22 aromatic carbocycles. The molecule has 692 valence electrons. The van der Waals surface area contributed by atoms with E-state index >= 15 is 0 Å². The number of furan rings is 1. The van der Waals surface area contributed by atoms with Crippen LogP contribution < -0.4 is 0 Å². The standard InChI is InChI=1S/C52H29N3OS.C44H25N3S2.C38H21N3S2/c1-2-13-31(14-3-1)51-53-47(46-41-27-25-30-12-4-5-15-36(30)49(41)56-52(46)54-51)34-23-22-33-29-35(26-24-32(33)28-34)55-42-20-10-8-18-39(42)44-45-40-19-9-11-21-43(40)57-50(45)38-17-7-6-16-37(38)48(44)55;1-2-13-26(14-3-1)27-15-12-16-28(25-27)43-45-39-33-21-8-11-24-36(33)49-42(39)44(46-43)47-34-22-9-6-19-31(34)38-40(47)30-18-5-4-17-29(30)37-32-20-7-10-23-35(32)48-41(37)38;1-2-12-22(13-3-1)37-39-33-27-18-8-11-21-30(27)43-36(33)38(40-37)41-28-19-9-6-16-25(28)32-34(41)24-15-5-4-14-23(24)31-26-17-7-10-20-29(26)42-35(31)32/h1-29H;1-25H;1-21H/i1D,2D,3D,13D,14D;;. The average Bonchev–Trinajstić information content (AvgIpc) is 1.54. The molecule has 0 aliphatic rings. The normalized spacial score (nSPS) is 12.6. The zero-order valence-electron chi connectivity index (χ0n) is 83.9. The third-order valence-corrected chi connectivity index (χ3v) is 35.7. The summed E-state index contributed by atoms with van der Waals surface area (Å²) >= 11 is 9.20. The maximum absolute atomic E-state index is 8.79. The van der Waals surface area contributed by atoms with Crippen LogP contribution in [-0.4, -0.2) is 43.6 Å². The number of benzene rings is 22. The Bertz CT molecular complexity index is 12100. The van der Waals surface area contributed by atoms with Crippen molar-refractivity contribution in [1.82, 2.24) is 43.6 Å². The lowest BCUT2D eigenvalue weighted by atomic mass is 9.99. The molecule has 0 N–H and O–H groups in total. The van der Waals surface area contributed by atoms with Crippen molar-refractivity contribution in [2.24, 2.45) is 0 Å². The predicted molar refractivity (Wildman–Crippen MR) is 636 cm³/mol. The number of hydrogen-bond acceptors (Lipinski definition) is 12. The minimum Gasteiger partial charge on any atom is -0.437 e. The number of thiophene rings is 5. The van der Waals surface area contributed by atoms with Crippen LogP contribution in [0.15, 0.2) is 459 Å². The van der Waals surface area contributed by atoms with Crippen LogP contribution in [0.5, 0.6) is 0 Å². The first kappa shape index (κ1) is 79.1. The Morgan fingerprint density at radius 3 is 1.19 bits per heavy atom. The summed E-state index contributed by atoms with van der Waals surface area (Å²) in [5.41, 5.74) is 16.5. The summed E-state index contributed by atoms with van der Waals surface area (Å²) in [5, 5.41) is 30.6. The van der Waals surface area contributed by atoms with Crippen molar-refractivity contribution in [2.45, 2.75) is 0 Å². The lowest BCUT2D eigenvalue weighted by molar-refractivity contribution is 0.657. The van der Waals surface area contributed by atoms with E-state index in [9.17, 15) is 0 Å². The predicted octanol–water partition coefficient (Wildman–Crippen LogP) is 38.6. The Labute approximate surface area is 875 Å². The van der Waals surface area contributed by atoms with E-state index in [1.54, 1.807) is 22.7 Å². The van der Waals surface area contributed by atoms with E-state index in [1.165, 1.54) is 162 Å². The van der Waals surface area contributed by atoms with Gasteiger partial charge in [0.1, 0.15) is 5.58 Å². The van der Waals surface area contributed by atoms with Crippen LogP contribution in [0.1, 0.15) is 6.85 Å². The fraction of sp³-hybridized carbons (Fsp3) is 0. The molecule has 0 aliphatic heterocycles. The Morgan fingerprint density at radius 1 is 0.215 bits per heavy atom. The SMILES string of the molecule is [2H]c1c([2H])c([2H])c(-c2nc(-c3ccc4cc(-n5c6ccccc6c6c7c8ccccc8sc7c7ccccc7c65)ccc4c3)c3c(n2)oc2c4ccccc4ccc23)c([2H])c1[2H].c1ccc(-c2cccc(-c3nc(-n4c5ccccc5c5c6sc7ccccc7c6c6ccccc6c54)c4sc5ccccc5c4n3)c2)cc1.c1ccc(-c2nc(-n3c4ccccc4c4c5sc6ccccc6c5c5ccccc5c43)c3sc4ccccc4c3n2)cc1. The minimum absolute atomic E-state index is 0.00518. The summed E-state index contributed by atoms with van der Waals surface area (Å²) in [7, 11) is 0. The molecular weight excluding hydrogens is 1910 g/mol. The molecule has 0 unspecified atom stereocenters. The van der Waals surface area contributed by atoms with Gasteiger partial charge in [0.05, 0.1) is 71.5 Å². The lowest BCUT2D eigenvalue weighted by Gasteiger charge is -2.13. The van der Waals surface area contributed by atoms with Gasteiger partial charge in [-0.05, 0) is 117 Å². The smallest absolute Gasteiger partial charge is 0.231 e. The summed E-state index contributed by atoms with van der Waals surface area (Å²) in [6.07, 6.45) is 0. The van der Waals surface area contributed by atoms with Gasteiger partial charge in [0.15, 0.2) is 29.1 Å². The molecule has 34 rings (SSSR count). The molecule has 0 fully saturated rings. The number of nitrogens with zero attached hydrogens (tertiary/aromatic N) is 9. The van der Waals surface area contributed by atoms with Crippen LogP contribution in [-0.2, 0) is 0 Å². The molecule has 149 heavy (non-hydrogen) atoms. The summed E-state index contributed by atoms with van der Waals surface area (Å²) in [4.78, 5) is 31.3. The van der Waals surface area contributed by atoms with Gasteiger partial charge in [-0.1, -0.05) is 376 Å². The monoisotopic (exact) mass is 1990 g/mol. The van der Waals surface area contributed by atoms with Crippen molar-refractivity contribution < 1.29 is 11.3 Å². The first-order valence-corrected chi connectivity index (χ1v) is 53.7. The molecular formula is C134H75N9OS5. The van der Waals surface area contributed by atoms with Crippen LogP contribution in [0.25, 0.3) is 316 Å². The van der Waals surface area contributed by atoms with E-state index in [0.29, 0.717) is 16.7 Å². The van der Waals surface area contributed by atoms with Gasteiger partial charge in [-0.25, -0.2) is 24.9 Å². The minimum atomic E-state index is -0.475. The number of fused-ring (bicyclic) bond motifs is 42. The zero-order valence-corrected chi connectivity index (χ0v) is 83.0. The lowest BCUT2D eigenvalue weighted by Crippen LogP contribution is -2.02. The van der Waals surface area contributed by atoms with Crippen molar-refractivity contribution in [3.05, 3.63) is 455 Å². The highest BCUT2D eigenvalue weighted by atomic mass is 32.1. The Hall–Kier alpha value is -18.3. The fourth-order valence-electron chi connectivity index (χ4n) is 23.4. The number of hydrogen-bond donors (Lipinski definition) is 0. The molecule has 12 aromatic heterocycles. The summed E-state index contributed by atoms with van der Waals surface area (Å²) in [5.74, 6) is 3.31. The van der Waals surface area contributed by atoms with E-state index in [-0.39, 0.29) is 29.2 Å². The summed E-state index contributed by atoms with van der Waals surface area (Å²) < 4.78 is 68.9. The van der Waals surface area contributed by atoms with E-state index in [1.807, 2.05) is 82.5 Å². The largest absolute Gasteiger partial charge is 0.437 e. The topological polar surface area (TPSA) is 105 Å². The van der Waals surface area contributed by atoms with Gasteiger partial charge in [0.25, 0.3) is 0 Å². The molecule has 15 heteroatoms. The first-order chi connectivity index (χ1) is 76.0. The highest BCUT2D eigenvalue weighted by Crippen LogP contribution is 2.55. The number of para-hydroxylation sites is 3. The summed E-state index contributed by atoms with van der Waals surface area (Å²) in [6.45, 7) is 0. The van der Waals surface area contributed by atoms with Crippen LogP contribution in [0.4, 0.5) is 0 Å². The molecule has 0 radical (unpaired) electrons. The molecule has 0 bridgehead atoms. The third-order valence-electron chi connectivity index (χ3n) is 29.8. The second-order valence-electron chi connectivity index (χ2n) is 38.0. The first-order valence-electron chi connectivity index (χ1n) is 52.1. The van der Waals surface area contributed by atoms with Crippen molar-refractivity contribution in [2.75, 3.05) is 0 Å². The van der Waals surface area contributed by atoms with E-state index in [4.69, 9.17) is 41.2 Å². The second kappa shape index (κ2) is 33.1. The van der Waals surface area contributed by atoms with E-state index in [2.05, 4.69) is 390 Å². The molecule has 10 nitrogen and oxygen atoms in total. The highest BCUT2D eigenvalue weighted by Gasteiger charge is 2.31. The van der Waals surface area contributed by atoms with Crippen molar-refractivity contribution in [3.8, 4) is 73.9 Å². The van der Waals surface area contributed by atoms with Gasteiger partial charge in [0.2, 0.25) is 5.71 Å². The average molecular weight is 1990 g/mol. The van der Waals surface area contributed by atoms with E-state index < -0.39 is 18.1 Å². The van der Waals surface area contributed by atoms with Gasteiger partial charge in [-0.15, -0.1) is 56.7 Å². The number of rotatable bonds is 8. The molecule has 0 spiro atoms. The van der Waals surface area contributed by atoms with Crippen LogP contribution in [0, 0.1) is 0 Å². The molecule has 0 amide bonds. The molecule has 34 aromatic rings. The maximum atomic E-state index is 8.79. The number of aromatic nitrogens is 9. The maximum Gasteiger partial charge on any atom is 0.231 e. The highest BCUT2D eigenvalue weighted by molar-refractivity contribution is 7.28. The van der Waals surface area contributed by atoms with Crippen LogP contribution in [0.2, 0.25) is 0 Å². The third kappa shape index (κ3) is 12.8. The van der Waals surface area contributed by atoms with Crippen LogP contribution in [0.3, 0.4) is 0 Å². The second-order valence-corrected chi connectivity index (χ2v) is 43.2. The van der Waals surface area contributed by atoms with Crippen LogP contribution >= 0.6 is 56.7 Å². The van der Waals surface area contributed by atoms with Gasteiger partial charge in [0, 0.05) is 173 Å².